The van der Waals surface area contributed by atoms with E-state index in [2.05, 4.69) is 9.88 Å². The number of nitrogens with zero attached hydrogens (tertiary/aromatic N) is 1. The van der Waals surface area contributed by atoms with Gasteiger partial charge in [0.05, 0.1) is 0 Å². The number of amides is 1. The molecular formula is C19H21FN2O. The molecule has 2 saturated heterocycles. The normalized spacial score (nSPS) is 26.5. The van der Waals surface area contributed by atoms with Crippen LogP contribution >= 0.6 is 0 Å². The summed E-state index contributed by atoms with van der Waals surface area (Å²) in [6.45, 7) is 1.82. The molecule has 3 nitrogen and oxygen atoms in total. The molecule has 1 amide bonds. The number of benzene rings is 1. The van der Waals surface area contributed by atoms with Crippen LogP contribution in [-0.4, -0.2) is 27.9 Å². The summed E-state index contributed by atoms with van der Waals surface area (Å²) in [7, 11) is 0. The Hall–Kier alpha value is -2.10. The molecule has 2 aliphatic rings. The molecule has 3 heterocycles. The number of aryl methyl sites for hydroxylation is 1. The predicted molar refractivity (Wildman–Crippen MR) is 86.9 cm³/mol. The Labute approximate surface area is 135 Å². The van der Waals surface area contributed by atoms with Crippen molar-refractivity contribution in [3.63, 3.8) is 0 Å². The van der Waals surface area contributed by atoms with E-state index in [4.69, 9.17) is 0 Å². The van der Waals surface area contributed by atoms with Crippen molar-refractivity contribution in [2.45, 2.75) is 50.6 Å². The molecule has 1 aromatic heterocycles. The molecule has 120 valence electrons. The molecule has 0 spiro atoms. The molecule has 4 heteroatoms. The number of H-pyrrole nitrogens is 1. The zero-order chi connectivity index (χ0) is 16.0. The Balaban J connectivity index is 1.55. The van der Waals surface area contributed by atoms with Crippen molar-refractivity contribution >= 4 is 5.91 Å². The second kappa shape index (κ2) is 5.52. The van der Waals surface area contributed by atoms with Gasteiger partial charge in [0.1, 0.15) is 11.5 Å². The van der Waals surface area contributed by atoms with Crippen LogP contribution in [0.3, 0.4) is 0 Å². The van der Waals surface area contributed by atoms with Crippen LogP contribution in [0.15, 0.2) is 36.5 Å². The predicted octanol–water partition coefficient (Wildman–Crippen LogP) is 4.01. The van der Waals surface area contributed by atoms with E-state index in [1.165, 1.54) is 5.56 Å². The Kier molecular flexibility index (Phi) is 3.47. The highest BCUT2D eigenvalue weighted by molar-refractivity contribution is 5.93. The monoisotopic (exact) mass is 312 g/mol. The molecule has 2 aromatic rings. The fraction of sp³-hybridized carbons (Fsp3) is 0.421. The van der Waals surface area contributed by atoms with Crippen LogP contribution in [0, 0.1) is 12.7 Å². The van der Waals surface area contributed by atoms with Gasteiger partial charge in [-0.15, -0.1) is 0 Å². The number of hydrogen-bond acceptors (Lipinski definition) is 1. The molecule has 0 aliphatic carbocycles. The molecule has 2 bridgehead atoms. The van der Waals surface area contributed by atoms with Crippen LogP contribution in [0.5, 0.6) is 0 Å². The molecule has 2 fully saturated rings. The number of fused-ring (bicyclic) bond motifs is 2. The summed E-state index contributed by atoms with van der Waals surface area (Å²) in [4.78, 5) is 17.8. The highest BCUT2D eigenvalue weighted by atomic mass is 19.1. The third-order valence-electron chi connectivity index (χ3n) is 5.45. The van der Waals surface area contributed by atoms with Gasteiger partial charge in [-0.1, -0.05) is 12.1 Å². The summed E-state index contributed by atoms with van der Waals surface area (Å²) in [5.74, 6) is 0.409. The smallest absolute Gasteiger partial charge is 0.270 e. The lowest BCUT2D eigenvalue weighted by Crippen LogP contribution is -2.46. The molecule has 4 rings (SSSR count). The number of carbonyl (C=O) groups excluding carboxylic acids is 1. The Morgan fingerprint density at radius 3 is 2.57 bits per heavy atom. The van der Waals surface area contributed by atoms with Gasteiger partial charge in [-0.2, -0.15) is 0 Å². The summed E-state index contributed by atoms with van der Waals surface area (Å²) < 4.78 is 13.5. The number of halogens is 1. The maximum atomic E-state index is 13.5. The summed E-state index contributed by atoms with van der Waals surface area (Å²) >= 11 is 0. The first-order chi connectivity index (χ1) is 11.1. The van der Waals surface area contributed by atoms with Crippen LogP contribution < -0.4 is 0 Å². The largest absolute Gasteiger partial charge is 0.357 e. The van der Waals surface area contributed by atoms with Crippen LogP contribution in [-0.2, 0) is 0 Å². The van der Waals surface area contributed by atoms with Gasteiger partial charge in [0.25, 0.3) is 5.91 Å². The first-order valence-corrected chi connectivity index (χ1v) is 8.35. The Morgan fingerprint density at radius 2 is 1.96 bits per heavy atom. The summed E-state index contributed by atoms with van der Waals surface area (Å²) in [5.41, 5.74) is 2.60. The van der Waals surface area contributed by atoms with Crippen LogP contribution in [0.1, 0.15) is 53.2 Å². The summed E-state index contributed by atoms with van der Waals surface area (Å²) in [6, 6.07) is 9.78. The number of nitrogens with one attached hydrogen (secondary N) is 1. The average molecular weight is 312 g/mol. The minimum absolute atomic E-state index is 0.122. The van der Waals surface area contributed by atoms with Gasteiger partial charge >= 0.3 is 0 Å². The standard InChI is InChI=1S/C19H21FN2O/c1-12-9-13(4-7-17(12)20)14-10-15-5-6-16(11-14)22(15)19(23)18-3-2-8-21-18/h2-4,7-9,14-16,21H,5-6,10-11H2,1H3/t14?,15-,16+. The van der Waals surface area contributed by atoms with Gasteiger partial charge in [0.15, 0.2) is 0 Å². The van der Waals surface area contributed by atoms with E-state index in [1.807, 2.05) is 31.2 Å². The zero-order valence-electron chi connectivity index (χ0n) is 13.3. The number of rotatable bonds is 2. The van der Waals surface area contributed by atoms with E-state index in [9.17, 15) is 9.18 Å². The molecule has 1 N–H and O–H groups in total. The van der Waals surface area contributed by atoms with E-state index in [0.717, 1.165) is 25.7 Å². The van der Waals surface area contributed by atoms with E-state index in [0.29, 0.717) is 29.3 Å². The second-order valence-electron chi connectivity index (χ2n) is 6.86. The van der Waals surface area contributed by atoms with Gasteiger partial charge in [-0.25, -0.2) is 4.39 Å². The topological polar surface area (TPSA) is 36.1 Å². The Bertz CT molecular complexity index is 711. The first kappa shape index (κ1) is 14.5. The number of carbonyl (C=O) groups is 1. The number of piperidine rings is 1. The van der Waals surface area contributed by atoms with Crippen molar-refractivity contribution in [3.8, 4) is 0 Å². The maximum Gasteiger partial charge on any atom is 0.270 e. The van der Waals surface area contributed by atoms with Gasteiger partial charge in [-0.05, 0) is 67.9 Å². The quantitative estimate of drug-likeness (QED) is 0.893. The van der Waals surface area contributed by atoms with E-state index >= 15 is 0 Å². The molecule has 1 unspecified atom stereocenters. The SMILES string of the molecule is Cc1cc(C2C[C@H]3CC[C@@H](C2)N3C(=O)c2ccc[nH]2)ccc1F. The van der Waals surface area contributed by atoms with E-state index in [-0.39, 0.29) is 11.7 Å². The third-order valence-corrected chi connectivity index (χ3v) is 5.45. The van der Waals surface area contributed by atoms with Gasteiger partial charge < -0.3 is 9.88 Å². The third kappa shape index (κ3) is 2.46. The van der Waals surface area contributed by atoms with Gasteiger partial charge in [0, 0.05) is 18.3 Å². The van der Waals surface area contributed by atoms with E-state index in [1.54, 1.807) is 12.3 Å². The van der Waals surface area contributed by atoms with Crippen molar-refractivity contribution in [1.82, 2.24) is 9.88 Å². The van der Waals surface area contributed by atoms with Crippen LogP contribution in [0.2, 0.25) is 0 Å². The van der Waals surface area contributed by atoms with Crippen molar-refractivity contribution in [2.24, 2.45) is 0 Å². The minimum atomic E-state index is -0.143. The summed E-state index contributed by atoms with van der Waals surface area (Å²) in [5, 5.41) is 0. The molecule has 3 atom stereocenters. The molecule has 0 saturated carbocycles. The van der Waals surface area contributed by atoms with Crippen molar-refractivity contribution in [2.75, 3.05) is 0 Å². The highest BCUT2D eigenvalue weighted by Crippen LogP contribution is 2.43. The van der Waals surface area contributed by atoms with Crippen LogP contribution in [0.4, 0.5) is 4.39 Å². The fourth-order valence-corrected chi connectivity index (χ4v) is 4.31. The molecule has 23 heavy (non-hydrogen) atoms. The van der Waals surface area contributed by atoms with Crippen LogP contribution in [0.25, 0.3) is 0 Å². The lowest BCUT2D eigenvalue weighted by Gasteiger charge is -2.39. The first-order valence-electron chi connectivity index (χ1n) is 8.35. The van der Waals surface area contributed by atoms with Crippen molar-refractivity contribution < 1.29 is 9.18 Å². The minimum Gasteiger partial charge on any atom is -0.357 e. The average Bonchev–Trinajstić information content (AvgIpc) is 3.16. The summed E-state index contributed by atoms with van der Waals surface area (Å²) in [6.07, 6.45) is 5.91. The fourth-order valence-electron chi connectivity index (χ4n) is 4.31. The van der Waals surface area contributed by atoms with Gasteiger partial charge in [0.2, 0.25) is 0 Å². The molecular weight excluding hydrogens is 291 g/mol. The van der Waals surface area contributed by atoms with Crippen molar-refractivity contribution in [1.29, 1.82) is 0 Å². The maximum absolute atomic E-state index is 13.5. The molecule has 1 aromatic carbocycles. The Morgan fingerprint density at radius 1 is 1.22 bits per heavy atom. The van der Waals surface area contributed by atoms with Crippen molar-refractivity contribution in [3.05, 3.63) is 59.2 Å². The molecule has 0 radical (unpaired) electrons. The van der Waals surface area contributed by atoms with Gasteiger partial charge in [-0.3, -0.25) is 4.79 Å². The lowest BCUT2D eigenvalue weighted by molar-refractivity contribution is 0.0566. The number of aromatic nitrogens is 1. The lowest BCUT2D eigenvalue weighted by atomic mass is 9.84. The second-order valence-corrected chi connectivity index (χ2v) is 6.86. The zero-order valence-corrected chi connectivity index (χ0v) is 13.3. The molecule has 2 aliphatic heterocycles. The number of aromatic amines is 1. The van der Waals surface area contributed by atoms with E-state index < -0.39 is 0 Å². The number of hydrogen-bond donors (Lipinski definition) is 1. The highest BCUT2D eigenvalue weighted by Gasteiger charge is 2.43.